The Labute approximate surface area is 144 Å². The van der Waals surface area contributed by atoms with E-state index in [-0.39, 0.29) is 24.1 Å². The van der Waals surface area contributed by atoms with E-state index >= 15 is 0 Å². The molecule has 1 atom stereocenters. The number of carbonyl (C=O) groups excluding carboxylic acids is 4. The van der Waals surface area contributed by atoms with E-state index in [1.807, 2.05) is 0 Å². The van der Waals surface area contributed by atoms with Gasteiger partial charge >= 0.3 is 12.0 Å². The van der Waals surface area contributed by atoms with Crippen molar-refractivity contribution in [2.45, 2.75) is 32.9 Å². The fourth-order valence-electron chi connectivity index (χ4n) is 2.00. The van der Waals surface area contributed by atoms with Crippen LogP contribution in [0.1, 0.15) is 31.1 Å². The molecule has 1 aliphatic heterocycles. The Morgan fingerprint density at radius 1 is 1.24 bits per heavy atom. The van der Waals surface area contributed by atoms with Crippen LogP contribution in [0.15, 0.2) is 18.2 Å². The van der Waals surface area contributed by atoms with Gasteiger partial charge in [-0.3, -0.25) is 14.9 Å². The van der Waals surface area contributed by atoms with Crippen molar-refractivity contribution in [3.05, 3.63) is 23.8 Å². The van der Waals surface area contributed by atoms with Crippen LogP contribution in [0.2, 0.25) is 0 Å². The van der Waals surface area contributed by atoms with Gasteiger partial charge in [-0.2, -0.15) is 0 Å². The van der Waals surface area contributed by atoms with Crippen molar-refractivity contribution < 1.29 is 28.7 Å². The molecule has 0 bridgehead atoms. The molecule has 1 aromatic rings. The lowest BCUT2D eigenvalue weighted by atomic mass is 10.1. The van der Waals surface area contributed by atoms with Gasteiger partial charge in [0.25, 0.3) is 11.8 Å². The molecule has 0 saturated heterocycles. The number of carbonyl (C=O) groups is 4. The van der Waals surface area contributed by atoms with Gasteiger partial charge in [0.2, 0.25) is 0 Å². The zero-order valence-electron chi connectivity index (χ0n) is 14.0. The average molecular weight is 349 g/mol. The smallest absolute Gasteiger partial charge is 0.339 e. The second-order valence-electron chi connectivity index (χ2n) is 5.71. The van der Waals surface area contributed by atoms with Crippen LogP contribution < -0.4 is 20.7 Å². The molecular formula is C16H19N3O6. The van der Waals surface area contributed by atoms with Crippen LogP contribution in [-0.4, -0.2) is 42.6 Å². The molecule has 1 aromatic carbocycles. The van der Waals surface area contributed by atoms with E-state index in [0.717, 1.165) is 0 Å². The van der Waals surface area contributed by atoms with Crippen LogP contribution in [0.3, 0.4) is 0 Å². The molecule has 3 N–H and O–H groups in total. The zero-order valence-corrected chi connectivity index (χ0v) is 14.0. The van der Waals surface area contributed by atoms with E-state index < -0.39 is 24.0 Å². The average Bonchev–Trinajstić information content (AvgIpc) is 2.53. The fraction of sp³-hybridized carbons (Fsp3) is 0.375. The highest BCUT2D eigenvalue weighted by Gasteiger charge is 2.23. The maximum atomic E-state index is 12.1. The summed E-state index contributed by atoms with van der Waals surface area (Å²) in [5.74, 6) is -1.45. The summed E-state index contributed by atoms with van der Waals surface area (Å²) in [6, 6.07) is 3.55. The summed E-state index contributed by atoms with van der Waals surface area (Å²) in [6.45, 7) is 4.70. The molecule has 0 aliphatic carbocycles. The number of urea groups is 1. The van der Waals surface area contributed by atoms with Crippen molar-refractivity contribution in [3.63, 3.8) is 0 Å². The molecular weight excluding hydrogens is 330 g/mol. The Morgan fingerprint density at radius 3 is 2.64 bits per heavy atom. The quantitative estimate of drug-likeness (QED) is 0.691. The lowest BCUT2D eigenvalue weighted by molar-refractivity contribution is -0.128. The minimum atomic E-state index is -1.16. The van der Waals surface area contributed by atoms with Crippen molar-refractivity contribution in [1.29, 1.82) is 0 Å². The lowest BCUT2D eigenvalue weighted by Gasteiger charge is -2.19. The predicted molar refractivity (Wildman–Crippen MR) is 87.3 cm³/mol. The first kappa shape index (κ1) is 18.2. The molecule has 0 saturated carbocycles. The molecule has 1 heterocycles. The van der Waals surface area contributed by atoms with E-state index in [4.69, 9.17) is 9.47 Å². The summed E-state index contributed by atoms with van der Waals surface area (Å²) >= 11 is 0. The number of amides is 4. The third-order valence-electron chi connectivity index (χ3n) is 3.16. The minimum absolute atomic E-state index is 0.137. The maximum Gasteiger partial charge on any atom is 0.339 e. The van der Waals surface area contributed by atoms with E-state index in [2.05, 4.69) is 16.0 Å². The summed E-state index contributed by atoms with van der Waals surface area (Å²) in [5.41, 5.74) is 0.602. The third kappa shape index (κ3) is 4.93. The number of esters is 1. The molecule has 0 spiro atoms. The van der Waals surface area contributed by atoms with E-state index in [9.17, 15) is 19.2 Å². The number of fused-ring (bicyclic) bond motifs is 1. The van der Waals surface area contributed by atoms with Crippen LogP contribution in [0.5, 0.6) is 5.75 Å². The number of ether oxygens (including phenoxy) is 2. The molecule has 25 heavy (non-hydrogen) atoms. The van der Waals surface area contributed by atoms with Crippen LogP contribution in [0, 0.1) is 0 Å². The Hall–Kier alpha value is -3.10. The number of anilines is 1. The molecule has 1 aliphatic rings. The highest BCUT2D eigenvalue weighted by Crippen LogP contribution is 2.28. The van der Waals surface area contributed by atoms with Crippen LogP contribution >= 0.6 is 0 Å². The second kappa shape index (κ2) is 7.65. The number of nitrogens with one attached hydrogen (secondary N) is 3. The first-order chi connectivity index (χ1) is 11.8. The number of rotatable bonds is 4. The van der Waals surface area contributed by atoms with E-state index in [1.165, 1.54) is 25.1 Å². The van der Waals surface area contributed by atoms with Crippen LogP contribution in [-0.2, 0) is 14.3 Å². The standard InChI is InChI=1S/C16H19N3O6/c1-8(2)17-16(23)19-14(21)9(3)25-15(22)10-4-5-11-12(6-10)24-7-13(20)18-11/h4-6,8-9H,7H2,1-3H3,(H,18,20)(H2,17,19,21,23)/t9-/m0/s1. The van der Waals surface area contributed by atoms with Crippen molar-refractivity contribution in [1.82, 2.24) is 10.6 Å². The number of benzene rings is 1. The monoisotopic (exact) mass is 349 g/mol. The van der Waals surface area contributed by atoms with Gasteiger partial charge in [-0.05, 0) is 39.0 Å². The predicted octanol–water partition coefficient (Wildman–Crippen LogP) is 0.797. The largest absolute Gasteiger partial charge is 0.482 e. The van der Waals surface area contributed by atoms with Crippen molar-refractivity contribution in [2.75, 3.05) is 11.9 Å². The molecule has 2 rings (SSSR count). The third-order valence-corrected chi connectivity index (χ3v) is 3.16. The molecule has 0 aromatic heterocycles. The molecule has 9 nitrogen and oxygen atoms in total. The zero-order chi connectivity index (χ0) is 18.6. The van der Waals surface area contributed by atoms with Crippen LogP contribution in [0.25, 0.3) is 0 Å². The number of imide groups is 1. The molecule has 4 amide bonds. The molecule has 0 unspecified atom stereocenters. The number of hydrogen-bond donors (Lipinski definition) is 3. The normalized spacial score (nSPS) is 13.8. The Balaban J connectivity index is 1.96. The van der Waals surface area contributed by atoms with Gasteiger partial charge in [-0.1, -0.05) is 0 Å². The van der Waals surface area contributed by atoms with Gasteiger partial charge in [0, 0.05) is 6.04 Å². The van der Waals surface area contributed by atoms with Gasteiger partial charge in [0.1, 0.15) is 5.75 Å². The second-order valence-corrected chi connectivity index (χ2v) is 5.71. The summed E-state index contributed by atoms with van der Waals surface area (Å²) < 4.78 is 10.3. The maximum absolute atomic E-state index is 12.1. The van der Waals surface area contributed by atoms with Gasteiger partial charge in [0.05, 0.1) is 11.3 Å². The van der Waals surface area contributed by atoms with Crippen molar-refractivity contribution in [3.8, 4) is 5.75 Å². The first-order valence-electron chi connectivity index (χ1n) is 7.65. The van der Waals surface area contributed by atoms with Gasteiger partial charge in [-0.15, -0.1) is 0 Å². The summed E-state index contributed by atoms with van der Waals surface area (Å²) in [4.78, 5) is 46.7. The van der Waals surface area contributed by atoms with Gasteiger partial charge in [-0.25, -0.2) is 9.59 Å². The first-order valence-corrected chi connectivity index (χ1v) is 7.65. The Morgan fingerprint density at radius 2 is 1.96 bits per heavy atom. The fourth-order valence-corrected chi connectivity index (χ4v) is 2.00. The van der Waals surface area contributed by atoms with E-state index in [1.54, 1.807) is 13.8 Å². The van der Waals surface area contributed by atoms with Crippen LogP contribution in [0.4, 0.5) is 10.5 Å². The SMILES string of the molecule is CC(C)NC(=O)NC(=O)[C@H](C)OC(=O)c1ccc2c(c1)OCC(=O)N2. The number of hydrogen-bond acceptors (Lipinski definition) is 6. The molecule has 0 fully saturated rings. The topological polar surface area (TPSA) is 123 Å². The molecule has 0 radical (unpaired) electrons. The summed E-state index contributed by atoms with van der Waals surface area (Å²) in [7, 11) is 0. The summed E-state index contributed by atoms with van der Waals surface area (Å²) in [6.07, 6.45) is -1.16. The van der Waals surface area contributed by atoms with Crippen molar-refractivity contribution in [2.24, 2.45) is 0 Å². The Kier molecular flexibility index (Phi) is 5.58. The van der Waals surface area contributed by atoms with Gasteiger partial charge < -0.3 is 20.1 Å². The van der Waals surface area contributed by atoms with E-state index in [0.29, 0.717) is 11.4 Å². The lowest BCUT2D eigenvalue weighted by Crippen LogP contribution is -2.46. The highest BCUT2D eigenvalue weighted by molar-refractivity contribution is 6.00. The highest BCUT2D eigenvalue weighted by atomic mass is 16.5. The summed E-state index contributed by atoms with van der Waals surface area (Å²) in [5, 5.41) is 7.17. The molecule has 9 heteroatoms. The van der Waals surface area contributed by atoms with Crippen molar-refractivity contribution >= 4 is 29.5 Å². The molecule has 134 valence electrons. The Bertz CT molecular complexity index is 716. The van der Waals surface area contributed by atoms with Gasteiger partial charge in [0.15, 0.2) is 12.7 Å². The minimum Gasteiger partial charge on any atom is -0.482 e.